The lowest BCUT2D eigenvalue weighted by molar-refractivity contribution is -0.141. The van der Waals surface area contributed by atoms with E-state index < -0.39 is 26.1 Å². The van der Waals surface area contributed by atoms with E-state index in [-0.39, 0.29) is 47.4 Å². The zero-order valence-electron chi connectivity index (χ0n) is 30.3. The van der Waals surface area contributed by atoms with E-state index in [1.54, 1.807) is 22.3 Å². The summed E-state index contributed by atoms with van der Waals surface area (Å²) in [4.78, 5) is 39.7. The summed E-state index contributed by atoms with van der Waals surface area (Å²) in [5, 5.41) is 7.25. The Morgan fingerprint density at radius 3 is 2.46 bits per heavy atom. The van der Waals surface area contributed by atoms with Crippen molar-refractivity contribution < 1.29 is 27.7 Å². The second-order valence-electron chi connectivity index (χ2n) is 14.9. The number of carbonyl (C=O) groups excluding carboxylic acids is 2. The maximum absolute atomic E-state index is 14.5. The molecular weight excluding hydrogens is 674 g/mol. The number of likely N-dealkylation sites (tertiary alicyclic amines) is 1. The van der Waals surface area contributed by atoms with Crippen LogP contribution in [0.4, 0.5) is 4.39 Å². The fourth-order valence-corrected chi connectivity index (χ4v) is 8.10. The first-order valence-corrected chi connectivity index (χ1v) is 20.8. The standard InChI is InChI=1S/C37H48FN5O5SSi/c1-22(2)33(31-17-28(42-47-31)20-46-32-16-27(38)14-15-39-32)36(45)43-19-29(48-50(8,9)37(5,6)7)18-30(43)35(44)41-23(3)25-10-12-26(13-11-25)34-24(4)40-21-49-34/h10-17,21-23,29-30,33H,18-20H2,1-9H3,(H,41,44)/t23-,29+,30-,33?/m0/s1. The van der Waals surface area contributed by atoms with Crippen LogP contribution in [0.25, 0.3) is 10.4 Å². The topological polar surface area (TPSA) is 120 Å². The molecule has 0 saturated carbocycles. The van der Waals surface area contributed by atoms with Gasteiger partial charge >= 0.3 is 0 Å². The number of thiazole rings is 1. The lowest BCUT2D eigenvalue weighted by atomic mass is 9.91. The van der Waals surface area contributed by atoms with Gasteiger partial charge in [0.1, 0.15) is 35.8 Å². The Morgan fingerprint density at radius 1 is 1.12 bits per heavy atom. The molecule has 1 aromatic carbocycles. The molecule has 1 saturated heterocycles. The zero-order chi connectivity index (χ0) is 36.4. The van der Waals surface area contributed by atoms with Gasteiger partial charge in [0.05, 0.1) is 28.2 Å². The number of halogens is 1. The maximum atomic E-state index is 14.5. The highest BCUT2D eigenvalue weighted by atomic mass is 32.1. The predicted octanol–water partition coefficient (Wildman–Crippen LogP) is 7.83. The average Bonchev–Trinajstić information content (AvgIpc) is 3.79. The molecular formula is C37H48FN5O5SSi. The summed E-state index contributed by atoms with van der Waals surface area (Å²) >= 11 is 1.60. The lowest BCUT2D eigenvalue weighted by Crippen LogP contribution is -2.48. The Kier molecular flexibility index (Phi) is 11.3. The predicted molar refractivity (Wildman–Crippen MR) is 194 cm³/mol. The van der Waals surface area contributed by atoms with E-state index in [0.29, 0.717) is 24.4 Å². The highest BCUT2D eigenvalue weighted by Crippen LogP contribution is 2.40. The first-order valence-electron chi connectivity index (χ1n) is 17.0. The minimum Gasteiger partial charge on any atom is -0.471 e. The molecule has 0 spiro atoms. The van der Waals surface area contributed by atoms with Gasteiger partial charge in [0, 0.05) is 31.3 Å². The van der Waals surface area contributed by atoms with Gasteiger partial charge < -0.3 is 23.9 Å². The quantitative estimate of drug-likeness (QED) is 0.147. The number of nitrogens with one attached hydrogen (secondary N) is 1. The summed E-state index contributed by atoms with van der Waals surface area (Å²) < 4.78 is 31.7. The number of nitrogens with zero attached hydrogens (tertiary/aromatic N) is 4. The Labute approximate surface area is 298 Å². The van der Waals surface area contributed by atoms with Crippen LogP contribution in [0.3, 0.4) is 0 Å². The molecule has 268 valence electrons. The number of hydrogen-bond donors (Lipinski definition) is 1. The molecule has 0 radical (unpaired) electrons. The minimum absolute atomic E-state index is 0.0151. The first kappa shape index (κ1) is 37.3. The van der Waals surface area contributed by atoms with Crippen molar-refractivity contribution in [1.82, 2.24) is 25.3 Å². The van der Waals surface area contributed by atoms with Gasteiger partial charge in [-0.2, -0.15) is 0 Å². The zero-order valence-corrected chi connectivity index (χ0v) is 32.1. The smallest absolute Gasteiger partial charge is 0.243 e. The molecule has 1 aliphatic heterocycles. The van der Waals surface area contributed by atoms with E-state index in [0.717, 1.165) is 21.7 Å². The van der Waals surface area contributed by atoms with Crippen LogP contribution >= 0.6 is 11.3 Å². The summed E-state index contributed by atoms with van der Waals surface area (Å²) in [6.07, 6.45) is 1.41. The summed E-state index contributed by atoms with van der Waals surface area (Å²) in [5.41, 5.74) is 5.30. The maximum Gasteiger partial charge on any atom is 0.243 e. The van der Waals surface area contributed by atoms with E-state index in [2.05, 4.69) is 54.3 Å². The molecule has 1 unspecified atom stereocenters. The summed E-state index contributed by atoms with van der Waals surface area (Å²) in [6.45, 7) is 19.0. The number of ether oxygens (including phenoxy) is 1. The number of aryl methyl sites for hydroxylation is 1. The van der Waals surface area contributed by atoms with Gasteiger partial charge in [-0.05, 0) is 55.1 Å². The second-order valence-corrected chi connectivity index (χ2v) is 20.5. The van der Waals surface area contributed by atoms with Crippen LogP contribution in [0.5, 0.6) is 5.88 Å². The molecule has 1 fully saturated rings. The molecule has 50 heavy (non-hydrogen) atoms. The Hall–Kier alpha value is -3.94. The van der Waals surface area contributed by atoms with Crippen LogP contribution < -0.4 is 10.1 Å². The van der Waals surface area contributed by atoms with Crippen LogP contribution in [-0.2, 0) is 20.6 Å². The van der Waals surface area contributed by atoms with Gasteiger partial charge in [0.15, 0.2) is 8.32 Å². The van der Waals surface area contributed by atoms with Gasteiger partial charge in [-0.25, -0.2) is 14.4 Å². The minimum atomic E-state index is -2.21. The largest absolute Gasteiger partial charge is 0.471 e. The van der Waals surface area contributed by atoms with Crippen molar-refractivity contribution in [1.29, 1.82) is 0 Å². The average molecular weight is 722 g/mol. The fraction of sp³-hybridized carbons (Fsp3) is 0.486. The van der Waals surface area contributed by atoms with Crippen molar-refractivity contribution in [2.24, 2.45) is 5.92 Å². The SMILES string of the molecule is Cc1ncsc1-c1ccc([C@H](C)NC(=O)[C@@H]2C[C@@H](O[Si](C)(C)C(C)(C)C)CN2C(=O)C(c2cc(COc3cc(F)ccn3)no2)C(C)C)cc1. The molecule has 3 aromatic heterocycles. The molecule has 1 aliphatic rings. The highest BCUT2D eigenvalue weighted by Gasteiger charge is 2.47. The van der Waals surface area contributed by atoms with Crippen molar-refractivity contribution >= 4 is 31.5 Å². The molecule has 0 aliphatic carbocycles. The molecule has 4 aromatic rings. The van der Waals surface area contributed by atoms with Crippen molar-refractivity contribution in [3.63, 3.8) is 0 Å². The summed E-state index contributed by atoms with van der Waals surface area (Å²) in [6, 6.07) is 11.2. The Balaban J connectivity index is 1.35. The number of hydrogen-bond acceptors (Lipinski definition) is 9. The van der Waals surface area contributed by atoms with Gasteiger partial charge in [0.25, 0.3) is 0 Å². The van der Waals surface area contributed by atoms with Crippen LogP contribution in [-0.4, -0.2) is 58.8 Å². The summed E-state index contributed by atoms with van der Waals surface area (Å²) in [5.74, 6) is -1.31. The molecule has 5 rings (SSSR count). The third kappa shape index (κ3) is 8.49. The fourth-order valence-electron chi connectivity index (χ4n) is 5.93. The van der Waals surface area contributed by atoms with Crippen LogP contribution in [0.15, 0.2) is 58.7 Å². The van der Waals surface area contributed by atoms with Crippen molar-refractivity contribution in [3.8, 4) is 16.3 Å². The number of rotatable bonds is 12. The van der Waals surface area contributed by atoms with Crippen molar-refractivity contribution in [2.45, 2.75) is 104 Å². The third-order valence-corrected chi connectivity index (χ3v) is 15.3. The van der Waals surface area contributed by atoms with Gasteiger partial charge in [0.2, 0.25) is 17.7 Å². The second kappa shape index (κ2) is 15.1. The highest BCUT2D eigenvalue weighted by molar-refractivity contribution is 7.13. The van der Waals surface area contributed by atoms with E-state index in [1.165, 1.54) is 18.3 Å². The van der Waals surface area contributed by atoms with E-state index in [1.807, 2.05) is 57.5 Å². The first-order chi connectivity index (χ1) is 23.5. The molecule has 13 heteroatoms. The van der Waals surface area contributed by atoms with Gasteiger partial charge in [-0.3, -0.25) is 9.59 Å². The van der Waals surface area contributed by atoms with Gasteiger partial charge in [-0.1, -0.05) is 64.0 Å². The van der Waals surface area contributed by atoms with Crippen LogP contribution in [0.2, 0.25) is 18.1 Å². The molecule has 1 N–H and O–H groups in total. The Morgan fingerprint density at radius 2 is 1.84 bits per heavy atom. The molecule has 10 nitrogen and oxygen atoms in total. The number of aromatic nitrogens is 3. The molecule has 2 amide bonds. The Bertz CT molecular complexity index is 1790. The number of carbonyl (C=O) groups is 2. The van der Waals surface area contributed by atoms with E-state index >= 15 is 0 Å². The molecule has 0 bridgehead atoms. The third-order valence-electron chi connectivity index (χ3n) is 9.77. The van der Waals surface area contributed by atoms with Crippen molar-refractivity contribution in [2.75, 3.05) is 6.54 Å². The lowest BCUT2D eigenvalue weighted by Gasteiger charge is -2.38. The van der Waals surface area contributed by atoms with Crippen LogP contribution in [0.1, 0.15) is 82.6 Å². The van der Waals surface area contributed by atoms with Crippen LogP contribution in [0, 0.1) is 18.7 Å². The van der Waals surface area contributed by atoms with E-state index in [9.17, 15) is 14.0 Å². The molecule has 4 atom stereocenters. The molecule has 4 heterocycles. The monoisotopic (exact) mass is 721 g/mol. The number of benzene rings is 1. The normalized spacial score (nSPS) is 17.9. The number of pyridine rings is 1. The summed E-state index contributed by atoms with van der Waals surface area (Å²) in [7, 11) is -2.21. The van der Waals surface area contributed by atoms with E-state index in [4.69, 9.17) is 13.7 Å². The van der Waals surface area contributed by atoms with Crippen molar-refractivity contribution in [3.05, 3.63) is 82.7 Å². The van der Waals surface area contributed by atoms with Gasteiger partial charge in [-0.15, -0.1) is 11.3 Å². The number of amides is 2.